The van der Waals surface area contributed by atoms with Gasteiger partial charge in [0.15, 0.2) is 0 Å². The third-order valence-corrected chi connectivity index (χ3v) is 4.95. The number of hydrogen-bond acceptors (Lipinski definition) is 3. The standard InChI is InChI=1S/C17H33N3O/c1-17(2,12-20(3)4)11-18-16(21)15-10-9-13-7-5-6-8-14(13)19-15/h13-15,19H,5-12H2,1-4H3,(H,18,21). The summed E-state index contributed by atoms with van der Waals surface area (Å²) in [6, 6.07) is 0.609. The quantitative estimate of drug-likeness (QED) is 0.815. The Morgan fingerprint density at radius 1 is 1.19 bits per heavy atom. The lowest BCUT2D eigenvalue weighted by Crippen LogP contribution is -2.56. The van der Waals surface area contributed by atoms with E-state index in [2.05, 4.69) is 43.5 Å². The molecular weight excluding hydrogens is 262 g/mol. The van der Waals surface area contributed by atoms with Crippen LogP contribution in [0.15, 0.2) is 0 Å². The molecular formula is C17H33N3O. The highest BCUT2D eigenvalue weighted by atomic mass is 16.2. The normalized spacial score (nSPS) is 30.0. The van der Waals surface area contributed by atoms with Crippen LogP contribution >= 0.6 is 0 Å². The molecule has 0 aromatic heterocycles. The second-order valence-electron chi connectivity index (χ2n) is 8.07. The average Bonchev–Trinajstić information content (AvgIpc) is 2.43. The van der Waals surface area contributed by atoms with Crippen LogP contribution in [0.4, 0.5) is 0 Å². The number of amides is 1. The molecule has 0 radical (unpaired) electrons. The second kappa shape index (κ2) is 7.10. The van der Waals surface area contributed by atoms with E-state index >= 15 is 0 Å². The summed E-state index contributed by atoms with van der Waals surface area (Å²) < 4.78 is 0. The summed E-state index contributed by atoms with van der Waals surface area (Å²) >= 11 is 0. The van der Waals surface area contributed by atoms with Gasteiger partial charge in [0.1, 0.15) is 0 Å². The molecule has 0 aromatic carbocycles. The lowest BCUT2D eigenvalue weighted by atomic mass is 9.77. The molecule has 122 valence electrons. The van der Waals surface area contributed by atoms with Crippen LogP contribution in [0.25, 0.3) is 0 Å². The number of rotatable bonds is 5. The molecule has 1 saturated carbocycles. The molecule has 2 rings (SSSR count). The summed E-state index contributed by atoms with van der Waals surface area (Å²) in [5.74, 6) is 1.01. The number of carbonyl (C=O) groups excluding carboxylic acids is 1. The van der Waals surface area contributed by atoms with Gasteiger partial charge < -0.3 is 15.5 Å². The predicted molar refractivity (Wildman–Crippen MR) is 87.2 cm³/mol. The smallest absolute Gasteiger partial charge is 0.237 e. The fourth-order valence-corrected chi connectivity index (χ4v) is 4.06. The maximum atomic E-state index is 12.4. The number of piperidine rings is 1. The molecule has 4 heteroatoms. The van der Waals surface area contributed by atoms with Gasteiger partial charge >= 0.3 is 0 Å². The minimum Gasteiger partial charge on any atom is -0.354 e. The Labute approximate surface area is 130 Å². The molecule has 2 fully saturated rings. The molecule has 2 aliphatic rings. The van der Waals surface area contributed by atoms with Gasteiger partial charge in [-0.05, 0) is 51.1 Å². The molecule has 3 atom stereocenters. The van der Waals surface area contributed by atoms with E-state index in [-0.39, 0.29) is 17.4 Å². The zero-order chi connectivity index (χ0) is 15.5. The Morgan fingerprint density at radius 3 is 2.62 bits per heavy atom. The third-order valence-electron chi connectivity index (χ3n) is 4.95. The van der Waals surface area contributed by atoms with Gasteiger partial charge in [0.25, 0.3) is 0 Å². The fraction of sp³-hybridized carbons (Fsp3) is 0.941. The Morgan fingerprint density at radius 2 is 1.90 bits per heavy atom. The molecule has 1 aliphatic carbocycles. The predicted octanol–water partition coefficient (Wildman–Crippen LogP) is 2.00. The minimum atomic E-state index is 0.0273. The highest BCUT2D eigenvalue weighted by Gasteiger charge is 2.34. The molecule has 0 bridgehead atoms. The number of nitrogens with zero attached hydrogens (tertiary/aromatic N) is 1. The highest BCUT2D eigenvalue weighted by Crippen LogP contribution is 2.32. The summed E-state index contributed by atoms with van der Waals surface area (Å²) in [4.78, 5) is 14.6. The number of carbonyl (C=O) groups is 1. The number of fused-ring (bicyclic) bond motifs is 1. The Hall–Kier alpha value is -0.610. The topological polar surface area (TPSA) is 44.4 Å². The van der Waals surface area contributed by atoms with Gasteiger partial charge in [-0.1, -0.05) is 26.7 Å². The summed E-state index contributed by atoms with van der Waals surface area (Å²) in [7, 11) is 4.16. The Balaban J connectivity index is 1.78. The van der Waals surface area contributed by atoms with E-state index in [4.69, 9.17) is 0 Å². The molecule has 0 aromatic rings. The first-order valence-corrected chi connectivity index (χ1v) is 8.56. The van der Waals surface area contributed by atoms with E-state index in [0.29, 0.717) is 6.04 Å². The molecule has 1 heterocycles. The maximum absolute atomic E-state index is 12.4. The van der Waals surface area contributed by atoms with Crippen LogP contribution in [0.3, 0.4) is 0 Å². The Kier molecular flexibility index (Phi) is 5.67. The molecule has 4 nitrogen and oxygen atoms in total. The maximum Gasteiger partial charge on any atom is 0.237 e. The van der Waals surface area contributed by atoms with Crippen molar-refractivity contribution in [2.24, 2.45) is 11.3 Å². The zero-order valence-electron chi connectivity index (χ0n) is 14.2. The van der Waals surface area contributed by atoms with Crippen molar-refractivity contribution in [2.75, 3.05) is 27.2 Å². The lowest BCUT2D eigenvalue weighted by molar-refractivity contribution is -0.125. The number of hydrogen-bond donors (Lipinski definition) is 2. The van der Waals surface area contributed by atoms with E-state index in [1.807, 2.05) is 0 Å². The van der Waals surface area contributed by atoms with Crippen molar-refractivity contribution in [1.82, 2.24) is 15.5 Å². The molecule has 0 spiro atoms. The van der Waals surface area contributed by atoms with Crippen molar-refractivity contribution >= 4 is 5.91 Å². The fourth-order valence-electron chi connectivity index (χ4n) is 4.06. The summed E-state index contributed by atoms with van der Waals surface area (Å²) in [5, 5.41) is 6.78. The van der Waals surface area contributed by atoms with Crippen LogP contribution < -0.4 is 10.6 Å². The average molecular weight is 295 g/mol. The van der Waals surface area contributed by atoms with Crippen LogP contribution in [-0.4, -0.2) is 50.1 Å². The summed E-state index contributed by atoms with van der Waals surface area (Å²) in [5.41, 5.74) is 0.112. The monoisotopic (exact) mass is 295 g/mol. The zero-order valence-corrected chi connectivity index (χ0v) is 14.2. The minimum absolute atomic E-state index is 0.0273. The number of nitrogens with one attached hydrogen (secondary N) is 2. The van der Waals surface area contributed by atoms with Crippen molar-refractivity contribution in [3.05, 3.63) is 0 Å². The molecule has 1 amide bonds. The van der Waals surface area contributed by atoms with Gasteiger partial charge in [-0.15, -0.1) is 0 Å². The van der Waals surface area contributed by atoms with Gasteiger partial charge in [-0.2, -0.15) is 0 Å². The Bertz CT molecular complexity index is 354. The lowest BCUT2D eigenvalue weighted by Gasteiger charge is -2.40. The SMILES string of the molecule is CN(C)CC(C)(C)CNC(=O)C1CCC2CCCCC2N1. The first-order chi connectivity index (χ1) is 9.87. The van der Waals surface area contributed by atoms with E-state index in [9.17, 15) is 4.79 Å². The van der Waals surface area contributed by atoms with Gasteiger partial charge in [-0.25, -0.2) is 0 Å². The van der Waals surface area contributed by atoms with E-state index < -0.39 is 0 Å². The second-order valence-corrected chi connectivity index (χ2v) is 8.07. The molecule has 3 unspecified atom stereocenters. The third kappa shape index (κ3) is 4.96. The van der Waals surface area contributed by atoms with Crippen LogP contribution in [0, 0.1) is 11.3 Å². The molecule has 1 aliphatic heterocycles. The van der Waals surface area contributed by atoms with E-state index in [1.54, 1.807) is 0 Å². The summed E-state index contributed by atoms with van der Waals surface area (Å²) in [6.45, 7) is 6.14. The van der Waals surface area contributed by atoms with Crippen LogP contribution in [0.5, 0.6) is 0 Å². The van der Waals surface area contributed by atoms with E-state index in [1.165, 1.54) is 32.1 Å². The summed E-state index contributed by atoms with van der Waals surface area (Å²) in [6.07, 6.45) is 7.51. The van der Waals surface area contributed by atoms with Gasteiger partial charge in [-0.3, -0.25) is 4.79 Å². The van der Waals surface area contributed by atoms with Gasteiger partial charge in [0, 0.05) is 19.1 Å². The van der Waals surface area contributed by atoms with Crippen LogP contribution in [-0.2, 0) is 4.79 Å². The first kappa shape index (κ1) is 16.8. The van der Waals surface area contributed by atoms with Gasteiger partial charge in [0.2, 0.25) is 5.91 Å². The molecule has 2 N–H and O–H groups in total. The molecule has 1 saturated heterocycles. The van der Waals surface area contributed by atoms with Crippen LogP contribution in [0.1, 0.15) is 52.4 Å². The van der Waals surface area contributed by atoms with Crippen molar-refractivity contribution < 1.29 is 4.79 Å². The van der Waals surface area contributed by atoms with Crippen molar-refractivity contribution in [3.8, 4) is 0 Å². The largest absolute Gasteiger partial charge is 0.354 e. The van der Waals surface area contributed by atoms with Crippen molar-refractivity contribution in [1.29, 1.82) is 0 Å². The van der Waals surface area contributed by atoms with Crippen LogP contribution in [0.2, 0.25) is 0 Å². The van der Waals surface area contributed by atoms with Crippen molar-refractivity contribution in [3.63, 3.8) is 0 Å². The molecule has 21 heavy (non-hydrogen) atoms. The van der Waals surface area contributed by atoms with Gasteiger partial charge in [0.05, 0.1) is 6.04 Å². The van der Waals surface area contributed by atoms with E-state index in [0.717, 1.165) is 25.4 Å². The van der Waals surface area contributed by atoms with Crippen molar-refractivity contribution in [2.45, 2.75) is 64.5 Å². The highest BCUT2D eigenvalue weighted by molar-refractivity contribution is 5.81. The first-order valence-electron chi connectivity index (χ1n) is 8.56.